The van der Waals surface area contributed by atoms with Gasteiger partial charge in [0.05, 0.1) is 9.49 Å². The fourth-order valence-corrected chi connectivity index (χ4v) is 2.34. The van der Waals surface area contributed by atoms with Crippen LogP contribution in [0.25, 0.3) is 0 Å². The second-order valence-electron chi connectivity index (χ2n) is 4.31. The lowest BCUT2D eigenvalue weighted by Crippen LogP contribution is -2.31. The van der Waals surface area contributed by atoms with Gasteiger partial charge in [-0.25, -0.2) is 0 Å². The summed E-state index contributed by atoms with van der Waals surface area (Å²) in [6, 6.07) is 4.80. The average Bonchev–Trinajstić information content (AvgIpc) is 2.81. The molecule has 1 aromatic rings. The van der Waals surface area contributed by atoms with Crippen LogP contribution in [0.1, 0.15) is 16.8 Å². The van der Waals surface area contributed by atoms with Crippen molar-refractivity contribution in [2.75, 3.05) is 13.1 Å². The van der Waals surface area contributed by atoms with E-state index in [0.29, 0.717) is 28.6 Å². The van der Waals surface area contributed by atoms with Crippen molar-refractivity contribution in [3.05, 3.63) is 27.3 Å². The predicted molar refractivity (Wildman–Crippen MR) is 74.0 cm³/mol. The Morgan fingerprint density at radius 1 is 1.44 bits per heavy atom. The van der Waals surface area contributed by atoms with Crippen LogP contribution >= 0.6 is 22.6 Å². The van der Waals surface area contributed by atoms with E-state index in [9.17, 15) is 14.7 Å². The van der Waals surface area contributed by atoms with E-state index in [1.54, 1.807) is 17.0 Å². The fourth-order valence-electron chi connectivity index (χ4n) is 2.01. The molecule has 3 N–H and O–H groups in total. The molecule has 1 fully saturated rings. The Morgan fingerprint density at radius 3 is 2.72 bits per heavy atom. The molecule has 5 nitrogen and oxygen atoms in total. The number of primary amides is 1. The summed E-state index contributed by atoms with van der Waals surface area (Å²) in [7, 11) is 0. The Hall–Kier alpha value is -1.31. The Morgan fingerprint density at radius 2 is 2.17 bits per heavy atom. The Kier molecular flexibility index (Phi) is 3.74. The number of carbonyl (C=O) groups is 2. The highest BCUT2D eigenvalue weighted by atomic mass is 127. The molecule has 1 unspecified atom stereocenters. The second kappa shape index (κ2) is 5.13. The first-order valence-corrected chi connectivity index (χ1v) is 6.64. The number of likely N-dealkylation sites (tertiary alicyclic amines) is 1. The fraction of sp³-hybridized carbons (Fsp3) is 0.333. The monoisotopic (exact) mass is 360 g/mol. The Labute approximate surface area is 118 Å². The van der Waals surface area contributed by atoms with E-state index in [4.69, 9.17) is 5.73 Å². The van der Waals surface area contributed by atoms with E-state index in [0.717, 1.165) is 0 Å². The van der Waals surface area contributed by atoms with Crippen LogP contribution in [0, 0.1) is 9.49 Å². The summed E-state index contributed by atoms with van der Waals surface area (Å²) < 4.78 is 0.695. The number of benzene rings is 1. The number of phenols is 1. The van der Waals surface area contributed by atoms with Crippen LogP contribution in [0.15, 0.2) is 18.2 Å². The van der Waals surface area contributed by atoms with E-state index in [1.807, 2.05) is 22.6 Å². The van der Waals surface area contributed by atoms with Crippen molar-refractivity contribution in [2.45, 2.75) is 6.42 Å². The van der Waals surface area contributed by atoms with Crippen LogP contribution in [0.3, 0.4) is 0 Å². The van der Waals surface area contributed by atoms with E-state index in [1.165, 1.54) is 6.07 Å². The molecule has 1 saturated heterocycles. The van der Waals surface area contributed by atoms with Gasteiger partial charge < -0.3 is 15.7 Å². The van der Waals surface area contributed by atoms with Crippen molar-refractivity contribution in [3.8, 4) is 5.75 Å². The summed E-state index contributed by atoms with van der Waals surface area (Å²) in [6.45, 7) is 0.889. The van der Waals surface area contributed by atoms with Gasteiger partial charge in [-0.05, 0) is 47.2 Å². The molecule has 1 aliphatic rings. The molecule has 1 heterocycles. The first kappa shape index (κ1) is 13.1. The van der Waals surface area contributed by atoms with Crippen LogP contribution < -0.4 is 5.73 Å². The minimum atomic E-state index is -0.365. The highest BCUT2D eigenvalue weighted by Crippen LogP contribution is 2.23. The van der Waals surface area contributed by atoms with Gasteiger partial charge in [-0.3, -0.25) is 9.59 Å². The van der Waals surface area contributed by atoms with Gasteiger partial charge in [0, 0.05) is 18.7 Å². The molecular formula is C12H13IN2O3. The molecule has 0 saturated carbocycles. The lowest BCUT2D eigenvalue weighted by molar-refractivity contribution is -0.121. The first-order chi connectivity index (χ1) is 8.49. The molecule has 1 aromatic carbocycles. The topological polar surface area (TPSA) is 83.6 Å². The molecule has 2 rings (SSSR count). The number of phenolic OH excluding ortho intramolecular Hbond substituents is 1. The lowest BCUT2D eigenvalue weighted by Gasteiger charge is -2.16. The van der Waals surface area contributed by atoms with Crippen molar-refractivity contribution in [2.24, 2.45) is 11.7 Å². The third kappa shape index (κ3) is 2.58. The second-order valence-corrected chi connectivity index (χ2v) is 5.47. The van der Waals surface area contributed by atoms with E-state index in [2.05, 4.69) is 0 Å². The van der Waals surface area contributed by atoms with E-state index in [-0.39, 0.29) is 23.5 Å². The molecule has 0 spiro atoms. The van der Waals surface area contributed by atoms with Gasteiger partial charge in [-0.1, -0.05) is 0 Å². The molecular weight excluding hydrogens is 347 g/mol. The third-order valence-corrected chi connectivity index (χ3v) is 3.98. The van der Waals surface area contributed by atoms with Crippen LogP contribution in [-0.2, 0) is 4.79 Å². The zero-order valence-corrected chi connectivity index (χ0v) is 11.8. The van der Waals surface area contributed by atoms with Gasteiger partial charge in [0.1, 0.15) is 5.75 Å². The number of rotatable bonds is 2. The first-order valence-electron chi connectivity index (χ1n) is 5.56. The molecule has 0 radical (unpaired) electrons. The van der Waals surface area contributed by atoms with Crippen LogP contribution in [-0.4, -0.2) is 34.9 Å². The van der Waals surface area contributed by atoms with Gasteiger partial charge in [0.15, 0.2) is 0 Å². The third-order valence-electron chi connectivity index (χ3n) is 3.07. The zero-order chi connectivity index (χ0) is 13.3. The largest absolute Gasteiger partial charge is 0.507 e. The Balaban J connectivity index is 2.12. The standard InChI is InChI=1S/C12H13IN2O3/c13-9-2-1-7(5-10(9)16)12(18)15-4-3-8(6-15)11(14)17/h1-2,5,8,16H,3-4,6H2,(H2,14,17). The molecule has 2 amide bonds. The summed E-state index contributed by atoms with van der Waals surface area (Å²) in [5.41, 5.74) is 5.65. The number of hydrogen-bond acceptors (Lipinski definition) is 3. The van der Waals surface area contributed by atoms with Crippen LogP contribution in [0.2, 0.25) is 0 Å². The molecule has 1 aliphatic heterocycles. The molecule has 96 valence electrons. The van der Waals surface area contributed by atoms with E-state index < -0.39 is 0 Å². The zero-order valence-electron chi connectivity index (χ0n) is 9.60. The van der Waals surface area contributed by atoms with E-state index >= 15 is 0 Å². The van der Waals surface area contributed by atoms with Gasteiger partial charge in [0.2, 0.25) is 5.91 Å². The van der Waals surface area contributed by atoms with Crippen molar-refractivity contribution in [1.29, 1.82) is 0 Å². The highest BCUT2D eigenvalue weighted by Gasteiger charge is 2.30. The van der Waals surface area contributed by atoms with Gasteiger partial charge in [0.25, 0.3) is 5.91 Å². The molecule has 0 aliphatic carbocycles. The van der Waals surface area contributed by atoms with Crippen molar-refractivity contribution in [1.82, 2.24) is 4.90 Å². The minimum Gasteiger partial charge on any atom is -0.507 e. The quantitative estimate of drug-likeness (QED) is 0.771. The number of aromatic hydroxyl groups is 1. The Bertz CT molecular complexity index is 504. The number of carbonyl (C=O) groups excluding carboxylic acids is 2. The van der Waals surface area contributed by atoms with Gasteiger partial charge in [-0.2, -0.15) is 0 Å². The van der Waals surface area contributed by atoms with Gasteiger partial charge >= 0.3 is 0 Å². The summed E-state index contributed by atoms with van der Waals surface area (Å²) in [4.78, 5) is 24.8. The molecule has 1 atom stereocenters. The average molecular weight is 360 g/mol. The molecule has 0 aromatic heterocycles. The summed E-state index contributed by atoms with van der Waals surface area (Å²) >= 11 is 1.99. The summed E-state index contributed by atoms with van der Waals surface area (Å²) in [6.07, 6.45) is 0.609. The molecule has 6 heteroatoms. The number of amides is 2. The maximum Gasteiger partial charge on any atom is 0.254 e. The normalized spacial score (nSPS) is 18.9. The highest BCUT2D eigenvalue weighted by molar-refractivity contribution is 14.1. The number of halogens is 1. The van der Waals surface area contributed by atoms with Gasteiger partial charge in [-0.15, -0.1) is 0 Å². The number of nitrogens with two attached hydrogens (primary N) is 1. The van der Waals surface area contributed by atoms with Crippen molar-refractivity contribution in [3.63, 3.8) is 0 Å². The SMILES string of the molecule is NC(=O)C1CCN(C(=O)c2ccc(I)c(O)c2)C1. The lowest BCUT2D eigenvalue weighted by atomic mass is 10.1. The van der Waals surface area contributed by atoms with Crippen LogP contribution in [0.5, 0.6) is 5.75 Å². The van der Waals surface area contributed by atoms with Crippen molar-refractivity contribution < 1.29 is 14.7 Å². The molecule has 18 heavy (non-hydrogen) atoms. The maximum absolute atomic E-state index is 12.1. The maximum atomic E-state index is 12.1. The number of nitrogens with zero attached hydrogens (tertiary/aromatic N) is 1. The smallest absolute Gasteiger partial charge is 0.254 e. The van der Waals surface area contributed by atoms with Crippen LogP contribution in [0.4, 0.5) is 0 Å². The predicted octanol–water partition coefficient (Wildman–Crippen LogP) is 0.944. The minimum absolute atomic E-state index is 0.0899. The number of hydrogen-bond donors (Lipinski definition) is 2. The summed E-state index contributed by atoms with van der Waals surface area (Å²) in [5, 5.41) is 9.58. The summed E-state index contributed by atoms with van der Waals surface area (Å²) in [5.74, 6) is -0.709. The molecule has 0 bridgehead atoms. The van der Waals surface area contributed by atoms with Crippen molar-refractivity contribution >= 4 is 34.4 Å².